The zero-order valence-corrected chi connectivity index (χ0v) is 19.2. The summed E-state index contributed by atoms with van der Waals surface area (Å²) in [6.45, 7) is 1.89. The highest BCUT2D eigenvalue weighted by Crippen LogP contribution is 2.36. The number of nitrogens with one attached hydrogen (secondary N) is 2. The quantitative estimate of drug-likeness (QED) is 0.470. The number of fused-ring (bicyclic) bond motifs is 1. The maximum Gasteiger partial charge on any atom is 0.255 e. The third kappa shape index (κ3) is 4.01. The van der Waals surface area contributed by atoms with Crippen LogP contribution in [0.25, 0.3) is 11.4 Å². The number of hydrogen-bond acceptors (Lipinski definition) is 6. The van der Waals surface area contributed by atoms with Gasteiger partial charge in [0.15, 0.2) is 5.82 Å². The number of carbonyl (C=O) groups is 1. The van der Waals surface area contributed by atoms with Crippen molar-refractivity contribution in [2.24, 2.45) is 0 Å². The van der Waals surface area contributed by atoms with E-state index in [2.05, 4.69) is 15.6 Å². The van der Waals surface area contributed by atoms with E-state index in [4.69, 9.17) is 10.1 Å². The first-order valence-electron chi connectivity index (χ1n) is 11.0. The van der Waals surface area contributed by atoms with E-state index in [0.29, 0.717) is 23.0 Å². The molecule has 2 aromatic heterocycles. The van der Waals surface area contributed by atoms with E-state index in [1.807, 2.05) is 86.6 Å². The lowest BCUT2D eigenvalue weighted by Crippen LogP contribution is -2.31. The fourth-order valence-electron chi connectivity index (χ4n) is 4.05. The van der Waals surface area contributed by atoms with Crippen LogP contribution in [-0.2, 0) is 4.79 Å². The second-order valence-corrected chi connectivity index (χ2v) is 8.32. The molecular weight excluding hydrogens is 426 g/mol. The standard InChI is InChI=1S/C26H25N7O/c1-17-22(25(34)29-20-10-7-15-27-16-20)23(18-8-5-4-6-9-18)33-26(28-17)30-24(31-33)19-11-13-21(14-12-19)32(2)3/h4-16,23H,1-3H3,(H,29,34)(H,28,30,31). The summed E-state index contributed by atoms with van der Waals surface area (Å²) in [5, 5.41) is 11.1. The molecule has 2 aromatic carbocycles. The summed E-state index contributed by atoms with van der Waals surface area (Å²) in [5.41, 5.74) is 4.87. The molecule has 3 heterocycles. The van der Waals surface area contributed by atoms with Crippen LogP contribution in [0.2, 0.25) is 0 Å². The fraction of sp³-hybridized carbons (Fsp3) is 0.154. The molecule has 1 aliphatic heterocycles. The van der Waals surface area contributed by atoms with Gasteiger partial charge >= 0.3 is 0 Å². The minimum absolute atomic E-state index is 0.218. The third-order valence-electron chi connectivity index (χ3n) is 5.77. The Morgan fingerprint density at radius 2 is 1.79 bits per heavy atom. The highest BCUT2D eigenvalue weighted by atomic mass is 16.1. The molecule has 5 rings (SSSR count). The molecule has 0 fully saturated rings. The van der Waals surface area contributed by atoms with Gasteiger partial charge in [0.2, 0.25) is 5.95 Å². The third-order valence-corrected chi connectivity index (χ3v) is 5.77. The molecule has 8 heteroatoms. The van der Waals surface area contributed by atoms with Crippen molar-refractivity contribution in [3.8, 4) is 11.4 Å². The van der Waals surface area contributed by atoms with E-state index in [9.17, 15) is 4.79 Å². The number of amides is 1. The largest absolute Gasteiger partial charge is 0.378 e. The zero-order chi connectivity index (χ0) is 23.7. The molecule has 0 spiro atoms. The van der Waals surface area contributed by atoms with Crippen LogP contribution in [0, 0.1) is 0 Å². The predicted molar refractivity (Wildman–Crippen MR) is 134 cm³/mol. The first-order valence-corrected chi connectivity index (χ1v) is 11.0. The van der Waals surface area contributed by atoms with Crippen molar-refractivity contribution >= 4 is 23.2 Å². The molecule has 0 aliphatic carbocycles. The molecule has 4 aromatic rings. The first-order chi connectivity index (χ1) is 16.5. The van der Waals surface area contributed by atoms with Gasteiger partial charge in [-0.05, 0) is 48.9 Å². The van der Waals surface area contributed by atoms with Gasteiger partial charge in [0, 0.05) is 37.2 Å². The van der Waals surface area contributed by atoms with E-state index in [1.165, 1.54) is 0 Å². The van der Waals surface area contributed by atoms with E-state index in [1.54, 1.807) is 23.1 Å². The minimum Gasteiger partial charge on any atom is -0.378 e. The predicted octanol–water partition coefficient (Wildman–Crippen LogP) is 4.33. The smallest absolute Gasteiger partial charge is 0.255 e. The molecular formula is C26H25N7O. The van der Waals surface area contributed by atoms with Crippen LogP contribution in [-0.4, -0.2) is 39.8 Å². The maximum atomic E-state index is 13.4. The van der Waals surface area contributed by atoms with Crippen molar-refractivity contribution < 1.29 is 4.79 Å². The van der Waals surface area contributed by atoms with Crippen molar-refractivity contribution in [3.05, 3.63) is 96.0 Å². The Morgan fingerprint density at radius 3 is 2.47 bits per heavy atom. The second kappa shape index (κ2) is 8.82. The number of allylic oxidation sites excluding steroid dienone is 1. The van der Waals surface area contributed by atoms with Crippen molar-refractivity contribution in [2.75, 3.05) is 29.6 Å². The van der Waals surface area contributed by atoms with Gasteiger partial charge in [-0.2, -0.15) is 4.98 Å². The van der Waals surface area contributed by atoms with Crippen LogP contribution >= 0.6 is 0 Å². The van der Waals surface area contributed by atoms with Gasteiger partial charge in [-0.1, -0.05) is 30.3 Å². The number of rotatable bonds is 5. The maximum absolute atomic E-state index is 13.4. The van der Waals surface area contributed by atoms with Crippen molar-refractivity contribution in [1.29, 1.82) is 0 Å². The van der Waals surface area contributed by atoms with Crippen LogP contribution in [0.15, 0.2) is 90.4 Å². The van der Waals surface area contributed by atoms with Crippen LogP contribution in [0.3, 0.4) is 0 Å². The number of benzene rings is 2. The Kier molecular flexibility index (Phi) is 5.55. The highest BCUT2D eigenvalue weighted by molar-refractivity contribution is 6.05. The molecule has 34 heavy (non-hydrogen) atoms. The van der Waals surface area contributed by atoms with Crippen LogP contribution < -0.4 is 15.5 Å². The second-order valence-electron chi connectivity index (χ2n) is 8.32. The molecule has 1 aliphatic rings. The Bertz CT molecular complexity index is 1340. The summed E-state index contributed by atoms with van der Waals surface area (Å²) >= 11 is 0. The van der Waals surface area contributed by atoms with Crippen molar-refractivity contribution in [1.82, 2.24) is 19.7 Å². The van der Waals surface area contributed by atoms with Crippen LogP contribution in [0.4, 0.5) is 17.3 Å². The average Bonchev–Trinajstić information content (AvgIpc) is 3.28. The van der Waals surface area contributed by atoms with Gasteiger partial charge in [-0.25, -0.2) is 4.68 Å². The molecule has 1 atom stereocenters. The lowest BCUT2D eigenvalue weighted by atomic mass is 9.95. The monoisotopic (exact) mass is 451 g/mol. The lowest BCUT2D eigenvalue weighted by Gasteiger charge is -2.28. The average molecular weight is 452 g/mol. The zero-order valence-electron chi connectivity index (χ0n) is 19.2. The number of pyridine rings is 1. The number of carbonyl (C=O) groups excluding carboxylic acids is 1. The van der Waals surface area contributed by atoms with Gasteiger partial charge in [0.1, 0.15) is 6.04 Å². The molecule has 1 unspecified atom stereocenters. The van der Waals surface area contributed by atoms with E-state index in [0.717, 1.165) is 22.5 Å². The normalized spacial score (nSPS) is 14.9. The number of aromatic nitrogens is 4. The van der Waals surface area contributed by atoms with Crippen molar-refractivity contribution in [2.45, 2.75) is 13.0 Å². The Hall–Kier alpha value is -4.46. The molecule has 0 saturated carbocycles. The summed E-state index contributed by atoms with van der Waals surface area (Å²) in [7, 11) is 4.01. The summed E-state index contributed by atoms with van der Waals surface area (Å²) in [5.74, 6) is 0.969. The van der Waals surface area contributed by atoms with E-state index < -0.39 is 6.04 Å². The Balaban J connectivity index is 1.56. The lowest BCUT2D eigenvalue weighted by molar-refractivity contribution is -0.113. The molecule has 0 saturated heterocycles. The van der Waals surface area contributed by atoms with Gasteiger partial charge in [-0.3, -0.25) is 9.78 Å². The SMILES string of the molecule is CC1=C(C(=O)Nc2cccnc2)C(c2ccccc2)n2nc(-c3ccc(N(C)C)cc3)nc2N1. The molecule has 2 N–H and O–H groups in total. The first kappa shape index (κ1) is 21.4. The summed E-state index contributed by atoms with van der Waals surface area (Å²) in [6.07, 6.45) is 3.29. The van der Waals surface area contributed by atoms with Gasteiger partial charge in [0.05, 0.1) is 17.5 Å². The van der Waals surface area contributed by atoms with Gasteiger partial charge in [0.25, 0.3) is 5.91 Å². The van der Waals surface area contributed by atoms with Crippen molar-refractivity contribution in [3.63, 3.8) is 0 Å². The topological polar surface area (TPSA) is 88.0 Å². The van der Waals surface area contributed by atoms with Gasteiger partial charge < -0.3 is 15.5 Å². The molecule has 8 nitrogen and oxygen atoms in total. The fourth-order valence-corrected chi connectivity index (χ4v) is 4.05. The highest BCUT2D eigenvalue weighted by Gasteiger charge is 2.34. The Labute approximate surface area is 198 Å². The van der Waals surface area contributed by atoms with Crippen LogP contribution in [0.5, 0.6) is 0 Å². The molecule has 170 valence electrons. The van der Waals surface area contributed by atoms with E-state index >= 15 is 0 Å². The number of anilines is 3. The minimum atomic E-state index is -0.434. The summed E-state index contributed by atoms with van der Waals surface area (Å²) in [6, 6.07) is 21.1. The van der Waals surface area contributed by atoms with Gasteiger partial charge in [-0.15, -0.1) is 5.10 Å². The van der Waals surface area contributed by atoms with Crippen LogP contribution in [0.1, 0.15) is 18.5 Å². The van der Waals surface area contributed by atoms with E-state index in [-0.39, 0.29) is 5.91 Å². The number of nitrogens with zero attached hydrogens (tertiary/aromatic N) is 5. The Morgan fingerprint density at radius 1 is 1.03 bits per heavy atom. The molecule has 1 amide bonds. The molecule has 0 radical (unpaired) electrons. The summed E-state index contributed by atoms with van der Waals surface area (Å²) in [4.78, 5) is 24.3. The molecule has 0 bridgehead atoms. The summed E-state index contributed by atoms with van der Waals surface area (Å²) < 4.78 is 1.79. The number of hydrogen-bond donors (Lipinski definition) is 2.